The summed E-state index contributed by atoms with van der Waals surface area (Å²) in [6, 6.07) is 0. The van der Waals surface area contributed by atoms with E-state index in [-0.39, 0.29) is 5.82 Å². The molecule has 0 aliphatic rings. The first-order valence-electron chi connectivity index (χ1n) is 2.87. The number of nitrogens with zero attached hydrogens (tertiary/aromatic N) is 2. The molecule has 1 rings (SSSR count). The summed E-state index contributed by atoms with van der Waals surface area (Å²) in [6.07, 6.45) is 0. The summed E-state index contributed by atoms with van der Waals surface area (Å²) < 4.78 is 24.0. The molecule has 0 bridgehead atoms. The Morgan fingerprint density at radius 1 is 2.17 bits per heavy atom. The summed E-state index contributed by atoms with van der Waals surface area (Å²) in [7, 11) is 0. The summed E-state index contributed by atoms with van der Waals surface area (Å²) in [5.74, 6) is -0.0625. The van der Waals surface area contributed by atoms with Gasteiger partial charge in [0.05, 0.1) is 0 Å². The number of aromatic nitrogens is 2. The van der Waals surface area contributed by atoms with Gasteiger partial charge in [0, 0.05) is 4.11 Å². The highest BCUT2D eigenvalue weighted by Crippen LogP contribution is 1.87. The van der Waals surface area contributed by atoms with Crippen molar-refractivity contribution in [1.29, 1.82) is 0 Å². The van der Waals surface area contributed by atoms with Gasteiger partial charge in [-0.05, 0) is 18.4 Å². The molecule has 0 aromatic carbocycles. The van der Waals surface area contributed by atoms with Gasteiger partial charge in [0.1, 0.15) is 11.3 Å². The zero-order valence-corrected chi connectivity index (χ0v) is 3.70. The maximum atomic E-state index is 6.80. The van der Waals surface area contributed by atoms with Gasteiger partial charge < -0.3 is 0 Å². The van der Waals surface area contributed by atoms with Gasteiger partial charge in [0.15, 0.2) is 0 Å². The summed E-state index contributed by atoms with van der Waals surface area (Å²) in [6.45, 7) is -2.14. The molecule has 0 N–H and O–H groups in total. The molecule has 0 amide bonds. The molecule has 1 aromatic rings. The Kier molecular flexibility index (Phi) is 0.353. The topological polar surface area (TPSA) is 25.8 Å². The highest BCUT2D eigenvalue weighted by Gasteiger charge is 1.77. The van der Waals surface area contributed by atoms with Crippen LogP contribution < -0.4 is 0 Å². The first-order valence-corrected chi connectivity index (χ1v) is 2.21. The van der Waals surface area contributed by atoms with E-state index in [0.29, 0.717) is 0 Å². The van der Waals surface area contributed by atoms with Gasteiger partial charge in [-0.1, -0.05) is 0 Å². The van der Waals surface area contributed by atoms with E-state index in [4.69, 9.17) is 4.11 Å². The molecular formula is C3H4N2S. The molecule has 2 nitrogen and oxygen atoms in total. The Balaban J connectivity index is 2.90. The second-order valence-corrected chi connectivity index (χ2v) is 1.36. The Morgan fingerprint density at radius 3 is 3.50 bits per heavy atom. The predicted octanol–water partition coefficient (Wildman–Crippen LogP) is 0.847. The lowest BCUT2D eigenvalue weighted by Crippen LogP contribution is -1.66. The van der Waals surface area contributed by atoms with Crippen LogP contribution in [0.5, 0.6) is 0 Å². The van der Waals surface area contributed by atoms with Crippen LogP contribution in [0.4, 0.5) is 0 Å². The van der Waals surface area contributed by atoms with Crippen molar-refractivity contribution >= 4 is 11.5 Å². The van der Waals surface area contributed by atoms with Crippen LogP contribution in [0.25, 0.3) is 0 Å². The van der Waals surface area contributed by atoms with Crippen molar-refractivity contribution in [2.75, 3.05) is 0 Å². The van der Waals surface area contributed by atoms with Crippen molar-refractivity contribution in [3.63, 3.8) is 0 Å². The van der Waals surface area contributed by atoms with E-state index in [2.05, 4.69) is 9.36 Å². The van der Waals surface area contributed by atoms with E-state index in [9.17, 15) is 0 Å². The van der Waals surface area contributed by atoms with Gasteiger partial charge in [-0.2, -0.15) is 4.37 Å². The van der Waals surface area contributed by atoms with E-state index < -0.39 is 6.85 Å². The number of hydrogen-bond acceptors (Lipinski definition) is 3. The summed E-state index contributed by atoms with van der Waals surface area (Å²) in [5.41, 5.74) is 1.40. The SMILES string of the molecule is [2H]C([2H])([2H])c1ncsn1. The molecule has 0 atom stereocenters. The standard InChI is InChI=1S/C3H4N2S/c1-3-4-2-6-5-3/h2H,1H3/i1D3. The van der Waals surface area contributed by atoms with E-state index >= 15 is 0 Å². The molecule has 0 aliphatic heterocycles. The van der Waals surface area contributed by atoms with Gasteiger partial charge in [-0.15, -0.1) is 0 Å². The number of rotatable bonds is 0. The van der Waals surface area contributed by atoms with Crippen molar-refractivity contribution in [3.05, 3.63) is 11.3 Å². The van der Waals surface area contributed by atoms with Crippen LogP contribution in [-0.2, 0) is 0 Å². The van der Waals surface area contributed by atoms with Gasteiger partial charge in [-0.25, -0.2) is 4.98 Å². The fourth-order valence-corrected chi connectivity index (χ4v) is 0.512. The molecule has 0 saturated carbocycles. The maximum Gasteiger partial charge on any atom is 0.139 e. The second kappa shape index (κ2) is 1.34. The van der Waals surface area contributed by atoms with E-state index in [1.54, 1.807) is 0 Å². The van der Waals surface area contributed by atoms with Gasteiger partial charge in [-0.3, -0.25) is 0 Å². The fourth-order valence-electron chi connectivity index (χ4n) is 0.171. The molecule has 0 radical (unpaired) electrons. The van der Waals surface area contributed by atoms with Gasteiger partial charge in [0.2, 0.25) is 0 Å². The van der Waals surface area contributed by atoms with Gasteiger partial charge >= 0.3 is 0 Å². The van der Waals surface area contributed by atoms with Crippen molar-refractivity contribution < 1.29 is 4.11 Å². The summed E-state index contributed by atoms with van der Waals surface area (Å²) in [4.78, 5) is 3.53. The fraction of sp³-hybridized carbons (Fsp3) is 0.333. The van der Waals surface area contributed by atoms with Crippen LogP contribution in [-0.4, -0.2) is 9.36 Å². The average molecular weight is 103 g/mol. The average Bonchev–Trinajstić information content (AvgIpc) is 2.08. The van der Waals surface area contributed by atoms with Crippen LogP contribution in [0.1, 0.15) is 9.94 Å². The predicted molar refractivity (Wildman–Crippen MR) is 24.6 cm³/mol. The minimum Gasteiger partial charge on any atom is -0.228 e. The lowest BCUT2D eigenvalue weighted by molar-refractivity contribution is 1.17. The smallest absolute Gasteiger partial charge is 0.139 e. The maximum absolute atomic E-state index is 6.80. The minimum atomic E-state index is -2.14. The van der Waals surface area contributed by atoms with E-state index in [1.807, 2.05) is 0 Å². The molecular weight excluding hydrogens is 96.1 g/mol. The number of aryl methyl sites for hydroxylation is 1. The first kappa shape index (κ1) is 1.58. The van der Waals surface area contributed by atoms with Crippen LogP contribution in [0.3, 0.4) is 0 Å². The molecule has 0 spiro atoms. The minimum absolute atomic E-state index is 0.0625. The molecule has 1 heterocycles. The summed E-state index contributed by atoms with van der Waals surface area (Å²) >= 11 is 1.05. The third-order valence-corrected chi connectivity index (χ3v) is 0.839. The van der Waals surface area contributed by atoms with Crippen molar-refractivity contribution in [2.45, 2.75) is 6.85 Å². The van der Waals surface area contributed by atoms with Crippen LogP contribution in [0.2, 0.25) is 0 Å². The quantitative estimate of drug-likeness (QED) is 0.486. The Hall–Kier alpha value is -0.440. The van der Waals surface area contributed by atoms with Crippen molar-refractivity contribution in [1.82, 2.24) is 9.36 Å². The number of hydrogen-bond donors (Lipinski definition) is 0. The largest absolute Gasteiger partial charge is 0.228 e. The zero-order valence-electron chi connectivity index (χ0n) is 5.88. The molecule has 0 unspecified atom stereocenters. The zero-order chi connectivity index (χ0) is 6.91. The Bertz CT molecular complexity index is 179. The molecule has 6 heavy (non-hydrogen) atoms. The highest BCUT2D eigenvalue weighted by atomic mass is 32.1. The Labute approximate surface area is 44.2 Å². The summed E-state index contributed by atoms with van der Waals surface area (Å²) in [5, 5.41) is 0. The monoisotopic (exact) mass is 103 g/mol. The van der Waals surface area contributed by atoms with E-state index in [1.165, 1.54) is 5.51 Å². The Morgan fingerprint density at radius 2 is 3.17 bits per heavy atom. The van der Waals surface area contributed by atoms with Crippen molar-refractivity contribution in [2.24, 2.45) is 0 Å². The van der Waals surface area contributed by atoms with Crippen molar-refractivity contribution in [3.8, 4) is 0 Å². The lowest BCUT2D eigenvalue weighted by atomic mass is 10.8. The molecule has 0 fully saturated rings. The molecule has 1 aromatic heterocycles. The molecule has 0 aliphatic carbocycles. The molecule has 3 heteroatoms. The van der Waals surface area contributed by atoms with Crippen LogP contribution >= 0.6 is 11.5 Å². The lowest BCUT2D eigenvalue weighted by Gasteiger charge is -1.63. The third kappa shape index (κ3) is 0.542. The molecule has 0 saturated heterocycles. The second-order valence-electron chi connectivity index (χ2n) is 0.755. The van der Waals surface area contributed by atoms with Gasteiger partial charge in [0.25, 0.3) is 0 Å². The third-order valence-electron chi connectivity index (χ3n) is 0.361. The first-order chi connectivity index (χ1) is 4.11. The van der Waals surface area contributed by atoms with Crippen LogP contribution in [0.15, 0.2) is 5.51 Å². The highest BCUT2D eigenvalue weighted by molar-refractivity contribution is 7.03. The van der Waals surface area contributed by atoms with Crippen LogP contribution in [0, 0.1) is 6.85 Å². The normalized spacial score (nSPS) is 18.3. The van der Waals surface area contributed by atoms with E-state index in [0.717, 1.165) is 11.5 Å². The molecule has 32 valence electrons.